The van der Waals surface area contributed by atoms with Crippen molar-refractivity contribution >= 4 is 17.7 Å². The molecule has 0 unspecified atom stereocenters. The van der Waals surface area contributed by atoms with Gasteiger partial charge in [-0.2, -0.15) is 0 Å². The fourth-order valence-electron chi connectivity index (χ4n) is 3.37. The van der Waals surface area contributed by atoms with E-state index in [1.165, 1.54) is 29.5 Å². The lowest BCUT2D eigenvalue weighted by Crippen LogP contribution is -2.27. The second kappa shape index (κ2) is 10.0. The van der Waals surface area contributed by atoms with Gasteiger partial charge in [-0.05, 0) is 43.7 Å². The molecule has 33 heavy (non-hydrogen) atoms. The summed E-state index contributed by atoms with van der Waals surface area (Å²) in [6, 6.07) is 22.5. The Bertz CT molecular complexity index is 1240. The molecule has 0 atom stereocenters. The molecular weight excluding hydrogens is 435 g/mol. The molecule has 0 bridgehead atoms. The van der Waals surface area contributed by atoms with E-state index in [9.17, 15) is 9.18 Å². The van der Waals surface area contributed by atoms with Crippen molar-refractivity contribution in [2.45, 2.75) is 25.5 Å². The van der Waals surface area contributed by atoms with Crippen molar-refractivity contribution in [1.82, 2.24) is 19.7 Å². The molecule has 7 heteroatoms. The van der Waals surface area contributed by atoms with Crippen LogP contribution in [0.1, 0.15) is 16.7 Å². The van der Waals surface area contributed by atoms with Crippen LogP contribution in [0.2, 0.25) is 0 Å². The normalized spacial score (nSPS) is 10.9. The number of carbonyl (C=O) groups excluding carboxylic acids is 1. The van der Waals surface area contributed by atoms with Crippen LogP contribution in [0.3, 0.4) is 0 Å². The summed E-state index contributed by atoms with van der Waals surface area (Å²) in [5.41, 5.74) is 5.11. The molecular formula is C26H25FN4OS. The molecule has 0 aliphatic carbocycles. The second-order valence-electron chi connectivity index (χ2n) is 8.01. The smallest absolute Gasteiger partial charge is 0.233 e. The van der Waals surface area contributed by atoms with Crippen molar-refractivity contribution < 1.29 is 9.18 Å². The van der Waals surface area contributed by atoms with Crippen molar-refractivity contribution in [3.8, 4) is 17.1 Å². The van der Waals surface area contributed by atoms with Crippen molar-refractivity contribution in [3.63, 3.8) is 0 Å². The van der Waals surface area contributed by atoms with Crippen LogP contribution in [-0.2, 0) is 11.3 Å². The Hall–Kier alpha value is -3.45. The second-order valence-corrected chi connectivity index (χ2v) is 8.95. The van der Waals surface area contributed by atoms with Crippen LogP contribution in [0.25, 0.3) is 17.1 Å². The number of nitrogens with zero attached hydrogens (tertiary/aromatic N) is 4. The number of aryl methyl sites for hydroxylation is 2. The van der Waals surface area contributed by atoms with Crippen molar-refractivity contribution in [1.29, 1.82) is 0 Å². The molecule has 5 nitrogen and oxygen atoms in total. The Kier molecular flexibility index (Phi) is 6.89. The minimum Gasteiger partial charge on any atom is -0.341 e. The number of halogens is 1. The first-order chi connectivity index (χ1) is 15.9. The van der Waals surface area contributed by atoms with E-state index in [2.05, 4.69) is 10.2 Å². The molecule has 0 N–H and O–H groups in total. The lowest BCUT2D eigenvalue weighted by Gasteiger charge is -2.17. The van der Waals surface area contributed by atoms with Crippen LogP contribution in [0.5, 0.6) is 0 Å². The molecule has 0 aliphatic heterocycles. The van der Waals surface area contributed by atoms with Gasteiger partial charge in [0.25, 0.3) is 0 Å². The highest BCUT2D eigenvalue weighted by Gasteiger charge is 2.18. The molecule has 1 heterocycles. The number of amides is 1. The Balaban J connectivity index is 1.55. The van der Waals surface area contributed by atoms with E-state index < -0.39 is 0 Å². The summed E-state index contributed by atoms with van der Waals surface area (Å²) in [7, 11) is 1.74. The summed E-state index contributed by atoms with van der Waals surface area (Å²) in [4.78, 5) is 14.4. The maximum Gasteiger partial charge on any atom is 0.233 e. The Labute approximate surface area is 197 Å². The summed E-state index contributed by atoms with van der Waals surface area (Å²) in [5.74, 6) is 0.617. The first-order valence-corrected chi connectivity index (χ1v) is 11.6. The Morgan fingerprint density at radius 3 is 2.15 bits per heavy atom. The quantitative estimate of drug-likeness (QED) is 0.345. The molecule has 0 fully saturated rings. The van der Waals surface area contributed by atoms with Crippen LogP contribution in [0.4, 0.5) is 4.39 Å². The third kappa shape index (κ3) is 5.49. The molecule has 168 valence electrons. The molecule has 3 aromatic carbocycles. The average molecular weight is 461 g/mol. The van der Waals surface area contributed by atoms with Gasteiger partial charge in [-0.1, -0.05) is 71.4 Å². The molecule has 0 aliphatic rings. The summed E-state index contributed by atoms with van der Waals surface area (Å²) >= 11 is 1.35. The van der Waals surface area contributed by atoms with Crippen LogP contribution < -0.4 is 0 Å². The van der Waals surface area contributed by atoms with Gasteiger partial charge in [0.15, 0.2) is 11.0 Å². The van der Waals surface area contributed by atoms with Gasteiger partial charge in [0.2, 0.25) is 5.91 Å². The highest BCUT2D eigenvalue weighted by molar-refractivity contribution is 7.99. The fourth-order valence-corrected chi connectivity index (χ4v) is 4.26. The zero-order valence-electron chi connectivity index (χ0n) is 18.8. The van der Waals surface area contributed by atoms with E-state index in [0.29, 0.717) is 11.7 Å². The summed E-state index contributed by atoms with van der Waals surface area (Å²) in [5, 5.41) is 9.50. The molecule has 0 spiro atoms. The number of benzene rings is 3. The minimum atomic E-state index is -0.289. The van der Waals surface area contributed by atoms with E-state index in [1.807, 2.05) is 66.9 Å². The number of aromatic nitrogens is 3. The summed E-state index contributed by atoms with van der Waals surface area (Å²) in [6.07, 6.45) is 0. The van der Waals surface area contributed by atoms with Crippen LogP contribution in [-0.4, -0.2) is 38.4 Å². The van der Waals surface area contributed by atoms with Gasteiger partial charge in [0.05, 0.1) is 5.75 Å². The molecule has 0 saturated heterocycles. The summed E-state index contributed by atoms with van der Waals surface area (Å²) in [6.45, 7) is 4.50. The Morgan fingerprint density at radius 1 is 0.909 bits per heavy atom. The van der Waals surface area contributed by atoms with Gasteiger partial charge >= 0.3 is 0 Å². The van der Waals surface area contributed by atoms with E-state index in [0.717, 1.165) is 28.2 Å². The van der Waals surface area contributed by atoms with Crippen molar-refractivity contribution in [2.24, 2.45) is 0 Å². The van der Waals surface area contributed by atoms with Crippen molar-refractivity contribution in [2.75, 3.05) is 12.8 Å². The maximum atomic E-state index is 13.1. The highest BCUT2D eigenvalue weighted by atomic mass is 32.2. The monoisotopic (exact) mass is 460 g/mol. The number of hydrogen-bond donors (Lipinski definition) is 0. The van der Waals surface area contributed by atoms with Gasteiger partial charge < -0.3 is 4.90 Å². The number of hydrogen-bond acceptors (Lipinski definition) is 4. The Morgan fingerprint density at radius 2 is 1.52 bits per heavy atom. The zero-order chi connectivity index (χ0) is 23.4. The summed E-state index contributed by atoms with van der Waals surface area (Å²) < 4.78 is 15.1. The third-order valence-electron chi connectivity index (χ3n) is 5.32. The lowest BCUT2D eigenvalue weighted by atomic mass is 10.1. The largest absolute Gasteiger partial charge is 0.341 e. The molecule has 4 rings (SSSR count). The predicted molar refractivity (Wildman–Crippen MR) is 130 cm³/mol. The van der Waals surface area contributed by atoms with Crippen LogP contribution in [0.15, 0.2) is 78.0 Å². The zero-order valence-corrected chi connectivity index (χ0v) is 19.6. The van der Waals surface area contributed by atoms with Gasteiger partial charge in [-0.3, -0.25) is 9.36 Å². The topological polar surface area (TPSA) is 51.0 Å². The molecule has 0 saturated carbocycles. The maximum absolute atomic E-state index is 13.1. The molecule has 1 amide bonds. The molecule has 1 aromatic heterocycles. The lowest BCUT2D eigenvalue weighted by molar-refractivity contribution is -0.127. The fraction of sp³-hybridized carbons (Fsp3) is 0.192. The number of carbonyl (C=O) groups is 1. The van der Waals surface area contributed by atoms with Gasteiger partial charge in [0.1, 0.15) is 5.82 Å². The first-order valence-electron chi connectivity index (χ1n) is 10.6. The van der Waals surface area contributed by atoms with Crippen molar-refractivity contribution in [3.05, 3.63) is 95.3 Å². The third-order valence-corrected chi connectivity index (χ3v) is 6.23. The molecule has 0 radical (unpaired) electrons. The van der Waals surface area contributed by atoms with Gasteiger partial charge in [-0.25, -0.2) is 4.39 Å². The number of thioether (sulfide) groups is 1. The SMILES string of the molecule is Cc1ccc(-c2nnc(SCC(=O)N(C)Cc3ccc(F)cc3)n2-c2ccc(C)cc2)cc1. The predicted octanol–water partition coefficient (Wildman–Crippen LogP) is 5.44. The van der Waals surface area contributed by atoms with E-state index in [1.54, 1.807) is 24.1 Å². The first kappa shape index (κ1) is 22.7. The standard InChI is InChI=1S/C26H25FN4OS/c1-18-4-10-21(11-5-18)25-28-29-26(31(25)23-14-6-19(2)7-15-23)33-17-24(32)30(3)16-20-8-12-22(27)13-9-20/h4-15H,16-17H2,1-3H3. The van der Waals surface area contributed by atoms with Crippen LogP contribution >= 0.6 is 11.8 Å². The van der Waals surface area contributed by atoms with E-state index in [4.69, 9.17) is 0 Å². The highest BCUT2D eigenvalue weighted by Crippen LogP contribution is 2.28. The van der Waals surface area contributed by atoms with Gasteiger partial charge in [0, 0.05) is 24.8 Å². The van der Waals surface area contributed by atoms with Crippen LogP contribution in [0, 0.1) is 19.7 Å². The minimum absolute atomic E-state index is 0.0420. The van der Waals surface area contributed by atoms with E-state index in [-0.39, 0.29) is 17.5 Å². The molecule has 4 aromatic rings. The average Bonchev–Trinajstić information content (AvgIpc) is 3.24. The van der Waals surface area contributed by atoms with E-state index >= 15 is 0 Å². The number of rotatable bonds is 7. The van der Waals surface area contributed by atoms with Gasteiger partial charge in [-0.15, -0.1) is 10.2 Å².